The number of amides is 1. The molecule has 5 rings (SSSR count). The van der Waals surface area contributed by atoms with E-state index in [2.05, 4.69) is 6.58 Å². The van der Waals surface area contributed by atoms with Crippen molar-refractivity contribution >= 4 is 28.7 Å². The third-order valence-corrected chi connectivity index (χ3v) is 7.58. The van der Waals surface area contributed by atoms with Crippen LogP contribution in [0.5, 0.6) is 5.75 Å². The number of ether oxygens (including phenoxy) is 3. The lowest BCUT2D eigenvalue weighted by atomic mass is 9.92. The molecule has 10 heteroatoms. The van der Waals surface area contributed by atoms with Gasteiger partial charge < -0.3 is 28.6 Å². The molecule has 38 heavy (non-hydrogen) atoms. The zero-order valence-corrected chi connectivity index (χ0v) is 21.9. The van der Waals surface area contributed by atoms with E-state index in [0.29, 0.717) is 30.9 Å². The van der Waals surface area contributed by atoms with Gasteiger partial charge in [0.1, 0.15) is 17.9 Å². The van der Waals surface area contributed by atoms with Gasteiger partial charge in [0.05, 0.1) is 30.2 Å². The number of benzene rings is 1. The molecule has 2 saturated heterocycles. The minimum atomic E-state index is -0.719. The summed E-state index contributed by atoms with van der Waals surface area (Å²) in [5.41, 5.74) is 0.0847. The Morgan fingerprint density at radius 2 is 1.95 bits per heavy atom. The van der Waals surface area contributed by atoms with E-state index in [1.807, 2.05) is 16.4 Å². The van der Waals surface area contributed by atoms with Crippen LogP contribution in [0.2, 0.25) is 0 Å². The Kier molecular flexibility index (Phi) is 7.32. The molecule has 3 heterocycles. The fourth-order valence-electron chi connectivity index (χ4n) is 5.82. The summed E-state index contributed by atoms with van der Waals surface area (Å²) in [5, 5.41) is 0.0957. The van der Waals surface area contributed by atoms with Crippen LogP contribution in [-0.4, -0.2) is 67.0 Å². The van der Waals surface area contributed by atoms with Gasteiger partial charge in [-0.1, -0.05) is 12.7 Å². The van der Waals surface area contributed by atoms with Crippen molar-refractivity contribution in [3.8, 4) is 5.75 Å². The number of likely N-dealkylation sites (tertiary alicyclic amines) is 1. The van der Waals surface area contributed by atoms with E-state index in [1.54, 1.807) is 11.8 Å². The molecule has 0 radical (unpaired) electrons. The highest BCUT2D eigenvalue weighted by atomic mass is 19.1. The number of carbonyl (C=O) groups is 2. The fourth-order valence-corrected chi connectivity index (χ4v) is 5.82. The Bertz CT molecular complexity index is 1320. The summed E-state index contributed by atoms with van der Waals surface area (Å²) in [4.78, 5) is 42.3. The van der Waals surface area contributed by atoms with Gasteiger partial charge >= 0.3 is 12.1 Å². The lowest BCUT2D eigenvalue weighted by molar-refractivity contribution is 0.0524. The van der Waals surface area contributed by atoms with Crippen molar-refractivity contribution in [3.05, 3.63) is 46.5 Å². The number of rotatable bonds is 8. The molecule has 0 spiro atoms. The van der Waals surface area contributed by atoms with Gasteiger partial charge in [-0.15, -0.1) is 0 Å². The molecular weight excluding hydrogens is 493 g/mol. The topological polar surface area (TPSA) is 90.3 Å². The highest BCUT2D eigenvalue weighted by Crippen LogP contribution is 2.45. The van der Waals surface area contributed by atoms with E-state index in [-0.39, 0.29) is 60.6 Å². The molecule has 3 aliphatic rings. The van der Waals surface area contributed by atoms with E-state index in [4.69, 9.17) is 14.2 Å². The van der Waals surface area contributed by atoms with Crippen molar-refractivity contribution < 1.29 is 28.2 Å². The van der Waals surface area contributed by atoms with Crippen LogP contribution in [0.3, 0.4) is 0 Å². The molecule has 1 saturated carbocycles. The normalized spacial score (nSPS) is 20.8. The van der Waals surface area contributed by atoms with E-state index in [1.165, 1.54) is 18.3 Å². The Balaban J connectivity index is 1.60. The van der Waals surface area contributed by atoms with Crippen LogP contribution in [-0.2, 0) is 9.47 Å². The number of anilines is 1. The molecule has 9 nitrogen and oxygen atoms in total. The minimum Gasteiger partial charge on any atom is -0.489 e. The summed E-state index contributed by atoms with van der Waals surface area (Å²) < 4.78 is 34.3. The average molecular weight is 528 g/mol. The van der Waals surface area contributed by atoms with Crippen LogP contribution >= 0.6 is 0 Å². The van der Waals surface area contributed by atoms with E-state index in [0.717, 1.165) is 25.7 Å². The molecule has 1 amide bonds. The quantitative estimate of drug-likeness (QED) is 0.374. The van der Waals surface area contributed by atoms with Crippen LogP contribution in [0.1, 0.15) is 55.9 Å². The predicted octanol–water partition coefficient (Wildman–Crippen LogP) is 4.27. The molecule has 3 fully saturated rings. The first-order valence-corrected chi connectivity index (χ1v) is 13.4. The van der Waals surface area contributed by atoms with Crippen LogP contribution < -0.4 is 15.1 Å². The predicted molar refractivity (Wildman–Crippen MR) is 141 cm³/mol. The van der Waals surface area contributed by atoms with Gasteiger partial charge in [-0.25, -0.2) is 14.0 Å². The molecular formula is C28H34FN3O6. The lowest BCUT2D eigenvalue weighted by Gasteiger charge is -2.35. The number of esters is 1. The van der Waals surface area contributed by atoms with Gasteiger partial charge in [-0.05, 0) is 51.5 Å². The molecule has 0 bridgehead atoms. The summed E-state index contributed by atoms with van der Waals surface area (Å²) in [6.07, 6.45) is 6.20. The molecule has 0 N–H and O–H groups in total. The Labute approximate surface area is 220 Å². The van der Waals surface area contributed by atoms with Gasteiger partial charge in [0.25, 0.3) is 0 Å². The average Bonchev–Trinajstić information content (AvgIpc) is 3.65. The van der Waals surface area contributed by atoms with Crippen molar-refractivity contribution in [2.75, 3.05) is 44.4 Å². The first kappa shape index (κ1) is 26.1. The standard InChI is InChI=1S/C28H34FN3O6/c1-4-12-38-28(35)31-11-7-8-17-14-30(16-22(17)31)24-21(29)13-19-23(26(24)36-5-2)32(18-9-10-18)15-20(25(19)33)27(34)37-6-3/h4,13,15,17-18,22H,1,5-12,14,16H2,2-3H3. The van der Waals surface area contributed by atoms with Crippen molar-refractivity contribution in [3.63, 3.8) is 0 Å². The van der Waals surface area contributed by atoms with Gasteiger partial charge in [0, 0.05) is 31.9 Å². The second kappa shape index (κ2) is 10.7. The van der Waals surface area contributed by atoms with Crippen LogP contribution in [0.25, 0.3) is 10.9 Å². The van der Waals surface area contributed by atoms with Crippen LogP contribution in [0, 0.1) is 11.7 Å². The number of aromatic nitrogens is 1. The maximum atomic E-state index is 16.0. The van der Waals surface area contributed by atoms with E-state index < -0.39 is 17.2 Å². The Morgan fingerprint density at radius 3 is 2.63 bits per heavy atom. The first-order valence-electron chi connectivity index (χ1n) is 13.4. The number of carbonyl (C=O) groups excluding carboxylic acids is 2. The summed E-state index contributed by atoms with van der Waals surface area (Å²) >= 11 is 0. The second-order valence-electron chi connectivity index (χ2n) is 10.0. The van der Waals surface area contributed by atoms with E-state index >= 15 is 4.39 Å². The number of fused-ring (bicyclic) bond motifs is 2. The van der Waals surface area contributed by atoms with Crippen LogP contribution in [0.4, 0.5) is 14.9 Å². The number of pyridine rings is 1. The molecule has 204 valence electrons. The van der Waals surface area contributed by atoms with Crippen LogP contribution in [0.15, 0.2) is 29.7 Å². The molecule has 1 aromatic heterocycles. The Hall–Kier alpha value is -3.56. The van der Waals surface area contributed by atoms with Gasteiger partial charge in [0.15, 0.2) is 11.6 Å². The first-order chi connectivity index (χ1) is 18.4. The zero-order chi connectivity index (χ0) is 27.0. The minimum absolute atomic E-state index is 0.0834. The zero-order valence-electron chi connectivity index (χ0n) is 21.9. The number of piperidine rings is 1. The number of nitrogens with zero attached hydrogens (tertiary/aromatic N) is 3. The summed E-state index contributed by atoms with van der Waals surface area (Å²) in [7, 11) is 0. The molecule has 2 atom stereocenters. The maximum Gasteiger partial charge on any atom is 0.410 e. The third kappa shape index (κ3) is 4.61. The van der Waals surface area contributed by atoms with Crippen molar-refractivity contribution in [1.82, 2.24) is 9.47 Å². The Morgan fingerprint density at radius 1 is 1.16 bits per heavy atom. The van der Waals surface area contributed by atoms with Crippen molar-refractivity contribution in [2.45, 2.75) is 51.6 Å². The number of hydrogen-bond acceptors (Lipinski definition) is 7. The summed E-state index contributed by atoms with van der Waals surface area (Å²) in [6, 6.07) is 1.18. The van der Waals surface area contributed by atoms with Gasteiger partial charge in [-0.2, -0.15) is 0 Å². The van der Waals surface area contributed by atoms with Crippen molar-refractivity contribution in [2.24, 2.45) is 5.92 Å². The monoisotopic (exact) mass is 527 g/mol. The highest BCUT2D eigenvalue weighted by Gasteiger charge is 2.43. The largest absolute Gasteiger partial charge is 0.489 e. The molecule has 1 aromatic carbocycles. The molecule has 2 aliphatic heterocycles. The number of hydrogen-bond donors (Lipinski definition) is 0. The van der Waals surface area contributed by atoms with Gasteiger partial charge in [-0.3, -0.25) is 4.79 Å². The lowest BCUT2D eigenvalue weighted by Crippen LogP contribution is -2.48. The molecule has 2 aromatic rings. The van der Waals surface area contributed by atoms with E-state index in [9.17, 15) is 14.4 Å². The van der Waals surface area contributed by atoms with Crippen molar-refractivity contribution in [1.29, 1.82) is 0 Å². The fraction of sp³-hybridized carbons (Fsp3) is 0.536. The third-order valence-electron chi connectivity index (χ3n) is 7.58. The second-order valence-corrected chi connectivity index (χ2v) is 10.0. The van der Waals surface area contributed by atoms with Gasteiger partial charge in [0.2, 0.25) is 5.43 Å². The summed E-state index contributed by atoms with van der Waals surface area (Å²) in [6.45, 7) is 9.18. The molecule has 2 unspecified atom stereocenters. The highest BCUT2D eigenvalue weighted by molar-refractivity contribution is 5.97. The smallest absolute Gasteiger partial charge is 0.410 e. The maximum absolute atomic E-state index is 16.0. The SMILES string of the molecule is C=CCOC(=O)N1CCCC2CN(c3c(F)cc4c(=O)c(C(=O)OCC)cn(C5CC5)c4c3OCC)CC21. The number of halogens is 1. The molecule has 1 aliphatic carbocycles. The summed E-state index contributed by atoms with van der Waals surface area (Å²) in [5.74, 6) is -0.869.